The largest absolute Gasteiger partial charge is 0.369 e. The minimum Gasteiger partial charge on any atom is -0.369 e. The first-order chi connectivity index (χ1) is 15.0. The lowest BCUT2D eigenvalue weighted by Gasteiger charge is -2.34. The molecule has 0 unspecified atom stereocenters. The summed E-state index contributed by atoms with van der Waals surface area (Å²) in [7, 11) is -3.55. The molecule has 0 saturated carbocycles. The lowest BCUT2D eigenvalue weighted by Crippen LogP contribution is -2.48. The van der Waals surface area contributed by atoms with Crippen LogP contribution >= 0.6 is 0 Å². The van der Waals surface area contributed by atoms with E-state index in [1.54, 1.807) is 24.3 Å². The summed E-state index contributed by atoms with van der Waals surface area (Å²) in [6.07, 6.45) is 2.60. The minimum absolute atomic E-state index is 0.292. The molecule has 0 radical (unpaired) electrons. The first kappa shape index (κ1) is 20.8. The van der Waals surface area contributed by atoms with Crippen LogP contribution in [0.2, 0.25) is 0 Å². The number of allylic oxidation sites excluding steroid dienone is 1. The zero-order chi connectivity index (χ0) is 21.7. The summed E-state index contributed by atoms with van der Waals surface area (Å²) in [6.45, 7) is 1.79. The molecule has 158 valence electrons. The highest BCUT2D eigenvalue weighted by atomic mass is 32.2. The average molecular weight is 438 g/mol. The molecule has 0 bridgehead atoms. The molecule has 0 spiro atoms. The van der Waals surface area contributed by atoms with Crippen molar-refractivity contribution in [2.45, 2.75) is 0 Å². The van der Waals surface area contributed by atoms with E-state index < -0.39 is 10.0 Å². The van der Waals surface area contributed by atoms with Crippen LogP contribution in [-0.4, -0.2) is 49.0 Å². The monoisotopic (exact) mass is 438 g/mol. The smallest absolute Gasteiger partial charge is 0.236 e. The fourth-order valence-electron chi connectivity index (χ4n) is 3.18. The van der Waals surface area contributed by atoms with Crippen LogP contribution in [0.4, 0.5) is 10.1 Å². The summed E-state index contributed by atoms with van der Waals surface area (Å²) in [5.41, 5.74) is 2.42. The Morgan fingerprint density at radius 3 is 2.35 bits per heavy atom. The normalized spacial score (nSPS) is 15.1. The maximum absolute atomic E-state index is 13.1. The van der Waals surface area contributed by atoms with E-state index in [1.165, 1.54) is 28.9 Å². The SMILES string of the molecule is O=S(=O)(C=CC#Cc1ccc(-c2ncon2)cc1)N1CCN(c2ccc(F)cc2)CC1. The van der Waals surface area contributed by atoms with Gasteiger partial charge in [0.05, 0.1) is 5.41 Å². The van der Waals surface area contributed by atoms with Gasteiger partial charge in [-0.2, -0.15) is 9.29 Å². The highest BCUT2D eigenvalue weighted by Gasteiger charge is 2.25. The molecule has 1 aliphatic rings. The lowest BCUT2D eigenvalue weighted by molar-refractivity contribution is 0.390. The molecule has 3 aromatic rings. The Morgan fingerprint density at radius 2 is 1.71 bits per heavy atom. The van der Waals surface area contributed by atoms with Crippen LogP contribution in [0, 0.1) is 17.7 Å². The van der Waals surface area contributed by atoms with Crippen LogP contribution in [-0.2, 0) is 10.0 Å². The van der Waals surface area contributed by atoms with E-state index in [0.717, 1.165) is 22.2 Å². The van der Waals surface area contributed by atoms with E-state index in [1.807, 2.05) is 17.0 Å². The summed E-state index contributed by atoms with van der Waals surface area (Å²) in [5, 5.41) is 4.89. The number of sulfonamides is 1. The molecule has 0 atom stereocenters. The van der Waals surface area contributed by atoms with Gasteiger partial charge in [0.25, 0.3) is 0 Å². The van der Waals surface area contributed by atoms with Gasteiger partial charge >= 0.3 is 0 Å². The topological polar surface area (TPSA) is 79.5 Å². The summed E-state index contributed by atoms with van der Waals surface area (Å²) in [4.78, 5) is 6.01. The van der Waals surface area contributed by atoms with Gasteiger partial charge in [0, 0.05) is 49.1 Å². The highest BCUT2D eigenvalue weighted by molar-refractivity contribution is 7.92. The number of rotatable bonds is 4. The van der Waals surface area contributed by atoms with Gasteiger partial charge in [-0.1, -0.05) is 17.0 Å². The lowest BCUT2D eigenvalue weighted by atomic mass is 10.1. The number of piperazine rings is 1. The molecule has 0 N–H and O–H groups in total. The molecule has 1 saturated heterocycles. The number of anilines is 1. The molecule has 9 heteroatoms. The van der Waals surface area contributed by atoms with Gasteiger partial charge in [0.2, 0.25) is 22.2 Å². The van der Waals surface area contributed by atoms with Gasteiger partial charge in [0.1, 0.15) is 5.82 Å². The van der Waals surface area contributed by atoms with Gasteiger partial charge in [0.15, 0.2) is 0 Å². The molecule has 0 amide bonds. The summed E-state index contributed by atoms with van der Waals surface area (Å²) >= 11 is 0. The molecule has 1 fully saturated rings. The Labute approximate surface area is 179 Å². The Kier molecular flexibility index (Phi) is 6.11. The second-order valence-electron chi connectivity index (χ2n) is 6.81. The summed E-state index contributed by atoms with van der Waals surface area (Å²) < 4.78 is 44.3. The molecule has 1 aromatic heterocycles. The van der Waals surface area contributed by atoms with Gasteiger partial charge in [-0.05, 0) is 48.5 Å². The Bertz CT molecular complexity index is 1200. The molecular formula is C22H19FN4O3S. The van der Waals surface area contributed by atoms with Crippen molar-refractivity contribution in [2.75, 3.05) is 31.1 Å². The molecule has 7 nitrogen and oxygen atoms in total. The number of nitrogens with zero attached hydrogens (tertiary/aromatic N) is 4. The van der Waals surface area contributed by atoms with Crippen molar-refractivity contribution in [3.8, 4) is 23.2 Å². The first-order valence-corrected chi connectivity index (χ1v) is 11.1. The average Bonchev–Trinajstić information content (AvgIpc) is 3.33. The van der Waals surface area contributed by atoms with E-state index in [2.05, 4.69) is 22.0 Å². The van der Waals surface area contributed by atoms with Crippen molar-refractivity contribution < 1.29 is 17.3 Å². The number of aromatic nitrogens is 2. The Morgan fingerprint density at radius 1 is 1.00 bits per heavy atom. The molecule has 2 aromatic carbocycles. The number of hydrogen-bond donors (Lipinski definition) is 0. The molecule has 31 heavy (non-hydrogen) atoms. The summed E-state index contributed by atoms with van der Waals surface area (Å²) in [5.74, 6) is 5.86. The van der Waals surface area contributed by atoms with Crippen molar-refractivity contribution in [1.29, 1.82) is 0 Å². The predicted octanol–water partition coefficient (Wildman–Crippen LogP) is 2.89. The van der Waals surface area contributed by atoms with Crippen LogP contribution in [0.3, 0.4) is 0 Å². The van der Waals surface area contributed by atoms with E-state index in [4.69, 9.17) is 4.52 Å². The number of halogens is 1. The van der Waals surface area contributed by atoms with E-state index in [-0.39, 0.29) is 5.82 Å². The van der Waals surface area contributed by atoms with Crippen molar-refractivity contribution in [3.05, 3.63) is 77.8 Å². The second-order valence-corrected chi connectivity index (χ2v) is 8.63. The van der Waals surface area contributed by atoms with Crippen molar-refractivity contribution in [3.63, 3.8) is 0 Å². The quantitative estimate of drug-likeness (QED) is 0.583. The van der Waals surface area contributed by atoms with Gasteiger partial charge in [-0.3, -0.25) is 0 Å². The fourth-order valence-corrected chi connectivity index (χ4v) is 4.27. The first-order valence-electron chi connectivity index (χ1n) is 9.57. The highest BCUT2D eigenvalue weighted by Crippen LogP contribution is 2.18. The third-order valence-electron chi connectivity index (χ3n) is 4.83. The van der Waals surface area contributed by atoms with Crippen LogP contribution in [0.25, 0.3) is 11.4 Å². The second kappa shape index (κ2) is 9.12. The van der Waals surface area contributed by atoms with E-state index in [9.17, 15) is 12.8 Å². The van der Waals surface area contributed by atoms with Crippen molar-refractivity contribution >= 4 is 15.7 Å². The summed E-state index contributed by atoms with van der Waals surface area (Å²) in [6, 6.07) is 13.4. The maximum atomic E-state index is 13.1. The van der Waals surface area contributed by atoms with Crippen LogP contribution in [0.5, 0.6) is 0 Å². The molecular weight excluding hydrogens is 419 g/mol. The standard InChI is InChI=1S/C22H19FN4O3S/c23-20-8-10-21(11-9-20)26-12-14-27(15-13-26)31(28,29)16-2-1-3-18-4-6-19(7-5-18)22-24-17-30-25-22/h2,4-11,16-17H,12-15H2. The Balaban J connectivity index is 1.33. The van der Waals surface area contributed by atoms with Crippen molar-refractivity contribution in [2.24, 2.45) is 0 Å². The molecule has 2 heterocycles. The van der Waals surface area contributed by atoms with Gasteiger partial charge in [-0.25, -0.2) is 12.8 Å². The number of hydrogen-bond acceptors (Lipinski definition) is 6. The zero-order valence-electron chi connectivity index (χ0n) is 16.5. The van der Waals surface area contributed by atoms with Crippen LogP contribution in [0.1, 0.15) is 5.56 Å². The van der Waals surface area contributed by atoms with Crippen LogP contribution in [0.15, 0.2) is 70.9 Å². The molecule has 0 aliphatic carbocycles. The van der Waals surface area contributed by atoms with E-state index in [0.29, 0.717) is 32.0 Å². The number of benzene rings is 2. The van der Waals surface area contributed by atoms with E-state index >= 15 is 0 Å². The molecule has 4 rings (SSSR count). The zero-order valence-corrected chi connectivity index (χ0v) is 17.3. The van der Waals surface area contributed by atoms with Crippen LogP contribution < -0.4 is 4.90 Å². The van der Waals surface area contributed by atoms with Gasteiger partial charge < -0.3 is 9.42 Å². The maximum Gasteiger partial charge on any atom is 0.236 e. The van der Waals surface area contributed by atoms with Crippen molar-refractivity contribution in [1.82, 2.24) is 14.4 Å². The Hall–Kier alpha value is -3.48. The fraction of sp³-hybridized carbons (Fsp3) is 0.182. The van der Waals surface area contributed by atoms with Gasteiger partial charge in [-0.15, -0.1) is 0 Å². The third kappa shape index (κ3) is 5.17. The molecule has 1 aliphatic heterocycles. The minimum atomic E-state index is -3.55. The third-order valence-corrected chi connectivity index (χ3v) is 6.40. The predicted molar refractivity (Wildman–Crippen MR) is 115 cm³/mol.